The summed E-state index contributed by atoms with van der Waals surface area (Å²) in [5, 5.41) is 0. The lowest BCUT2D eigenvalue weighted by Gasteiger charge is -2.18. The van der Waals surface area contributed by atoms with Gasteiger partial charge in [-0.2, -0.15) is 0 Å². The maximum absolute atomic E-state index is 12.8. The van der Waals surface area contributed by atoms with Crippen LogP contribution in [-0.4, -0.2) is 37.2 Å². The van der Waals surface area contributed by atoms with Crippen molar-refractivity contribution in [2.45, 2.75) is 297 Å². The number of allylic oxidation sites excluding steroid dienone is 16. The number of carbonyl (C=O) groups is 3. The Balaban J connectivity index is 4.22. The van der Waals surface area contributed by atoms with Gasteiger partial charge in [-0.3, -0.25) is 14.4 Å². The molecule has 0 N–H and O–H groups in total. The first kappa shape index (κ1) is 69.3. The van der Waals surface area contributed by atoms with Crippen molar-refractivity contribution in [2.75, 3.05) is 13.2 Å². The number of unbranched alkanes of at least 4 members (excludes halogenated alkanes) is 28. The molecule has 418 valence electrons. The third kappa shape index (κ3) is 59.1. The number of hydrogen-bond acceptors (Lipinski definition) is 6. The smallest absolute Gasteiger partial charge is 0.306 e. The van der Waals surface area contributed by atoms with Crippen molar-refractivity contribution in [3.8, 4) is 0 Å². The largest absolute Gasteiger partial charge is 0.462 e. The van der Waals surface area contributed by atoms with Gasteiger partial charge in [-0.1, -0.05) is 266 Å². The third-order valence-electron chi connectivity index (χ3n) is 13.1. The topological polar surface area (TPSA) is 78.9 Å². The van der Waals surface area contributed by atoms with Crippen LogP contribution in [-0.2, 0) is 28.6 Å². The molecule has 0 amide bonds. The summed E-state index contributed by atoms with van der Waals surface area (Å²) in [6.45, 7) is 6.33. The number of hydrogen-bond donors (Lipinski definition) is 0. The molecule has 0 aliphatic heterocycles. The van der Waals surface area contributed by atoms with Gasteiger partial charge in [0.2, 0.25) is 0 Å². The molecular weight excluding hydrogens is 901 g/mol. The Morgan fingerprint density at radius 1 is 0.288 bits per heavy atom. The highest BCUT2D eigenvalue weighted by Gasteiger charge is 2.19. The second-order valence-corrected chi connectivity index (χ2v) is 20.2. The van der Waals surface area contributed by atoms with Crippen LogP contribution < -0.4 is 0 Å². The van der Waals surface area contributed by atoms with Crippen molar-refractivity contribution in [3.05, 3.63) is 97.2 Å². The van der Waals surface area contributed by atoms with Crippen molar-refractivity contribution in [3.63, 3.8) is 0 Å². The average Bonchev–Trinajstić information content (AvgIpc) is 3.39. The molecule has 0 aliphatic rings. The average molecular weight is 1020 g/mol. The quantitative estimate of drug-likeness (QED) is 0.0261. The fraction of sp³-hybridized carbons (Fsp3) is 0.716. The summed E-state index contributed by atoms with van der Waals surface area (Å²) in [5.74, 6) is -1.02. The molecule has 0 saturated heterocycles. The van der Waals surface area contributed by atoms with E-state index >= 15 is 0 Å². The molecule has 1 unspecified atom stereocenters. The maximum atomic E-state index is 12.8. The predicted molar refractivity (Wildman–Crippen MR) is 316 cm³/mol. The Hall–Kier alpha value is -3.67. The van der Waals surface area contributed by atoms with E-state index in [1.807, 2.05) is 12.2 Å². The molecule has 0 heterocycles. The van der Waals surface area contributed by atoms with Gasteiger partial charge in [0.05, 0.1) is 0 Å². The Labute approximate surface area is 451 Å². The van der Waals surface area contributed by atoms with Crippen LogP contribution in [0.2, 0.25) is 0 Å². The number of ether oxygens (including phenoxy) is 3. The first-order chi connectivity index (χ1) is 36.0. The summed E-state index contributed by atoms with van der Waals surface area (Å²) < 4.78 is 16.8. The molecule has 0 bridgehead atoms. The van der Waals surface area contributed by atoms with E-state index in [1.54, 1.807) is 0 Å². The Morgan fingerprint density at radius 2 is 0.562 bits per heavy atom. The van der Waals surface area contributed by atoms with Crippen molar-refractivity contribution in [2.24, 2.45) is 0 Å². The van der Waals surface area contributed by atoms with Crippen molar-refractivity contribution in [1.82, 2.24) is 0 Å². The molecule has 0 spiro atoms. The number of rotatable bonds is 55. The van der Waals surface area contributed by atoms with Crippen LogP contribution in [0.15, 0.2) is 97.2 Å². The highest BCUT2D eigenvalue weighted by molar-refractivity contribution is 5.71. The maximum Gasteiger partial charge on any atom is 0.306 e. The molecule has 0 aromatic rings. The lowest BCUT2D eigenvalue weighted by molar-refractivity contribution is -0.166. The summed E-state index contributed by atoms with van der Waals surface area (Å²) >= 11 is 0. The van der Waals surface area contributed by atoms with Gasteiger partial charge in [0.25, 0.3) is 0 Å². The van der Waals surface area contributed by atoms with Gasteiger partial charge in [0, 0.05) is 19.3 Å². The van der Waals surface area contributed by atoms with Gasteiger partial charge in [-0.15, -0.1) is 0 Å². The van der Waals surface area contributed by atoms with E-state index in [4.69, 9.17) is 14.2 Å². The van der Waals surface area contributed by atoms with Gasteiger partial charge in [-0.05, 0) is 103 Å². The van der Waals surface area contributed by atoms with Crippen molar-refractivity contribution in [1.29, 1.82) is 0 Å². The van der Waals surface area contributed by atoms with E-state index in [2.05, 4.69) is 106 Å². The standard InChI is InChI=1S/C67H114O6/c1-4-7-10-13-16-19-22-25-26-27-28-29-30-31-32-33-34-35-36-37-38-39-40-43-45-48-51-54-57-60-66(69)72-63-64(73-67(70)61-58-55-52-49-46-42-24-21-18-15-12-9-6-3)62-71-65(68)59-56-53-50-47-44-41-23-20-17-14-11-8-5-2/h8-9,11-12,17-18,20-21,27-28,41-42,44,46,52,55,64H,4-7,10,13-16,19,22-26,29-40,43,45,47-51,53-54,56-63H2,1-3H3/b11-8-,12-9-,20-17-,21-18-,28-27-,44-41-,46-42-,55-52-. The minimum atomic E-state index is -0.827. The van der Waals surface area contributed by atoms with E-state index in [0.717, 1.165) is 89.9 Å². The molecular formula is C67H114O6. The van der Waals surface area contributed by atoms with Crippen LogP contribution in [0, 0.1) is 0 Å². The van der Waals surface area contributed by atoms with Crippen LogP contribution in [0.5, 0.6) is 0 Å². The lowest BCUT2D eigenvalue weighted by atomic mass is 10.0. The number of carbonyl (C=O) groups excluding carboxylic acids is 3. The molecule has 0 aromatic carbocycles. The van der Waals surface area contributed by atoms with Crippen LogP contribution >= 0.6 is 0 Å². The van der Waals surface area contributed by atoms with Crippen molar-refractivity contribution >= 4 is 17.9 Å². The summed E-state index contributed by atoms with van der Waals surface area (Å²) in [7, 11) is 0. The number of esters is 3. The van der Waals surface area contributed by atoms with Crippen molar-refractivity contribution < 1.29 is 28.6 Å². The second-order valence-electron chi connectivity index (χ2n) is 20.2. The Morgan fingerprint density at radius 3 is 0.918 bits per heavy atom. The van der Waals surface area contributed by atoms with E-state index in [9.17, 15) is 14.4 Å². The van der Waals surface area contributed by atoms with Crippen LogP contribution in [0.25, 0.3) is 0 Å². The summed E-state index contributed by atoms with van der Waals surface area (Å²) in [5.41, 5.74) is 0. The molecule has 0 aliphatic carbocycles. The molecule has 0 rings (SSSR count). The molecule has 6 nitrogen and oxygen atoms in total. The highest BCUT2D eigenvalue weighted by Crippen LogP contribution is 2.16. The zero-order valence-electron chi connectivity index (χ0n) is 47.9. The van der Waals surface area contributed by atoms with Gasteiger partial charge < -0.3 is 14.2 Å². The lowest BCUT2D eigenvalue weighted by Crippen LogP contribution is -2.30. The first-order valence-corrected chi connectivity index (χ1v) is 30.7. The Kier molecular flexibility index (Phi) is 57.8. The molecule has 0 saturated carbocycles. The van der Waals surface area contributed by atoms with E-state index in [-0.39, 0.29) is 31.6 Å². The second kappa shape index (κ2) is 60.9. The molecule has 0 aromatic heterocycles. The van der Waals surface area contributed by atoms with Gasteiger partial charge in [0.1, 0.15) is 13.2 Å². The normalized spacial score (nSPS) is 12.8. The highest BCUT2D eigenvalue weighted by atomic mass is 16.6. The molecule has 6 heteroatoms. The minimum absolute atomic E-state index is 0.115. The first-order valence-electron chi connectivity index (χ1n) is 30.7. The zero-order valence-corrected chi connectivity index (χ0v) is 47.9. The van der Waals surface area contributed by atoms with E-state index < -0.39 is 12.1 Å². The third-order valence-corrected chi connectivity index (χ3v) is 13.1. The molecule has 73 heavy (non-hydrogen) atoms. The van der Waals surface area contributed by atoms with Crippen LogP contribution in [0.1, 0.15) is 290 Å². The zero-order chi connectivity index (χ0) is 52.9. The van der Waals surface area contributed by atoms with E-state index in [0.29, 0.717) is 19.3 Å². The monoisotopic (exact) mass is 1010 g/mol. The van der Waals surface area contributed by atoms with Crippen LogP contribution in [0.3, 0.4) is 0 Å². The molecule has 0 radical (unpaired) electrons. The SMILES string of the molecule is CC/C=C\C/C=C\C/C=C\C/C=C\CCC(=O)OC(COC(=O)CCCCC/C=C\C/C=C\C/C=C\CC)COC(=O)CCCCCCCCCCCCCCCCCCC/C=C\CCCCCCCCCC. The summed E-state index contributed by atoms with van der Waals surface area (Å²) in [6, 6.07) is 0. The van der Waals surface area contributed by atoms with Gasteiger partial charge in [0.15, 0.2) is 6.10 Å². The van der Waals surface area contributed by atoms with Gasteiger partial charge in [-0.25, -0.2) is 0 Å². The Bertz CT molecular complexity index is 1440. The fourth-order valence-electron chi connectivity index (χ4n) is 8.53. The summed E-state index contributed by atoms with van der Waals surface area (Å²) in [4.78, 5) is 38.1. The van der Waals surface area contributed by atoms with E-state index in [1.165, 1.54) is 154 Å². The minimum Gasteiger partial charge on any atom is -0.462 e. The van der Waals surface area contributed by atoms with Crippen LogP contribution in [0.4, 0.5) is 0 Å². The predicted octanol–water partition coefficient (Wildman–Crippen LogP) is 20.9. The molecule has 0 fully saturated rings. The summed E-state index contributed by atoms with van der Waals surface area (Å²) in [6.07, 6.45) is 81.7. The fourth-order valence-corrected chi connectivity index (χ4v) is 8.53. The molecule has 1 atom stereocenters. The van der Waals surface area contributed by atoms with Gasteiger partial charge >= 0.3 is 17.9 Å².